The largest absolute Gasteiger partial charge is 0.427 e. The van der Waals surface area contributed by atoms with Gasteiger partial charge in [0.25, 0.3) is 0 Å². The maximum absolute atomic E-state index is 13.7. The van der Waals surface area contributed by atoms with Gasteiger partial charge in [0.1, 0.15) is 11.9 Å². The first-order chi connectivity index (χ1) is 16.3. The Morgan fingerprint density at radius 3 is 2.60 bits per heavy atom. The molecule has 1 aromatic carbocycles. The number of nitrogens with zero attached hydrogens (tertiary/aromatic N) is 2. The lowest BCUT2D eigenvalue weighted by molar-refractivity contribution is -0.141. The van der Waals surface area contributed by atoms with Gasteiger partial charge >= 0.3 is 7.48 Å². The normalized spacial score (nSPS) is 23.2. The van der Waals surface area contributed by atoms with Gasteiger partial charge in [0.15, 0.2) is 0 Å². The van der Waals surface area contributed by atoms with Crippen molar-refractivity contribution in [3.63, 3.8) is 0 Å². The molecule has 1 saturated heterocycles. The predicted molar refractivity (Wildman–Crippen MR) is 136 cm³/mol. The van der Waals surface area contributed by atoms with Crippen LogP contribution >= 0.6 is 0 Å². The lowest BCUT2D eigenvalue weighted by atomic mass is 9.82. The second kappa shape index (κ2) is 9.24. The number of aromatic amines is 1. The van der Waals surface area contributed by atoms with Crippen molar-refractivity contribution in [2.24, 2.45) is 11.8 Å². The molecule has 1 aromatic heterocycles. The summed E-state index contributed by atoms with van der Waals surface area (Å²) in [4.78, 5) is 35.8. The van der Waals surface area contributed by atoms with Crippen LogP contribution in [0.5, 0.6) is 0 Å². The standard InChI is InChI=1S/C26H38BN4O4/c1-14(2)21(28-15(3)32)24(33)31-18-10-8-16(12-18)22(31)23-29-19-11-9-17(13-20(19)30-23)27-35-26(6,7)25(4,5)34/h9,11,13-14,16,18,21-22,34H,8,10,12H2,1-7H3,(H,28,32)(H,29,30). The van der Waals surface area contributed by atoms with Crippen LogP contribution in [0.4, 0.5) is 0 Å². The maximum atomic E-state index is 13.7. The summed E-state index contributed by atoms with van der Waals surface area (Å²) >= 11 is 0. The number of nitrogens with one attached hydrogen (secondary N) is 2. The molecule has 2 bridgehead atoms. The average Bonchev–Trinajstić information content (AvgIpc) is 3.47. The molecule has 1 radical (unpaired) electrons. The fourth-order valence-electron chi connectivity index (χ4n) is 5.17. The van der Waals surface area contributed by atoms with E-state index >= 15 is 0 Å². The highest BCUT2D eigenvalue weighted by atomic mass is 16.5. The van der Waals surface area contributed by atoms with Crippen LogP contribution in [0.15, 0.2) is 18.2 Å². The molecule has 3 N–H and O–H groups in total. The molecule has 35 heavy (non-hydrogen) atoms. The van der Waals surface area contributed by atoms with Gasteiger partial charge in [-0.3, -0.25) is 9.59 Å². The Labute approximate surface area is 208 Å². The van der Waals surface area contributed by atoms with Crippen molar-refractivity contribution in [3.8, 4) is 0 Å². The second-order valence-electron chi connectivity index (χ2n) is 11.5. The van der Waals surface area contributed by atoms with Crippen molar-refractivity contribution in [2.75, 3.05) is 0 Å². The molecule has 2 aliphatic rings. The Morgan fingerprint density at radius 1 is 1.26 bits per heavy atom. The van der Waals surface area contributed by atoms with Crippen molar-refractivity contribution in [1.29, 1.82) is 0 Å². The van der Waals surface area contributed by atoms with Crippen LogP contribution < -0.4 is 10.8 Å². The number of carbonyl (C=O) groups excluding carboxylic acids is 2. The van der Waals surface area contributed by atoms with Crippen LogP contribution in [0, 0.1) is 11.8 Å². The lowest BCUT2D eigenvalue weighted by Gasteiger charge is -2.37. The summed E-state index contributed by atoms with van der Waals surface area (Å²) in [6.07, 6.45) is 3.03. The summed E-state index contributed by atoms with van der Waals surface area (Å²) < 4.78 is 5.91. The first-order valence-corrected chi connectivity index (χ1v) is 12.6. The van der Waals surface area contributed by atoms with Crippen molar-refractivity contribution in [3.05, 3.63) is 24.0 Å². The number of piperidine rings is 1. The van der Waals surface area contributed by atoms with E-state index in [1.807, 2.05) is 50.8 Å². The summed E-state index contributed by atoms with van der Waals surface area (Å²) in [6.45, 7) is 12.5. The Hall–Kier alpha value is -2.39. The summed E-state index contributed by atoms with van der Waals surface area (Å²) in [7, 11) is 1.66. The first kappa shape index (κ1) is 25.7. The van der Waals surface area contributed by atoms with E-state index in [1.165, 1.54) is 6.92 Å². The molecule has 4 rings (SSSR count). The van der Waals surface area contributed by atoms with E-state index < -0.39 is 17.2 Å². The van der Waals surface area contributed by atoms with Gasteiger partial charge in [0, 0.05) is 13.0 Å². The molecule has 2 aromatic rings. The van der Waals surface area contributed by atoms with Gasteiger partial charge in [-0.05, 0) is 70.9 Å². The SMILES string of the molecule is CC(=O)NC(C(=O)N1C2CCC(C2)C1c1nc2ccc([B]OC(C)(C)C(C)(C)O)cc2[nH]1)C(C)C. The zero-order valence-electron chi connectivity index (χ0n) is 21.9. The van der Waals surface area contributed by atoms with Gasteiger partial charge in [-0.2, -0.15) is 0 Å². The minimum absolute atomic E-state index is 0.00639. The number of benzene rings is 1. The molecule has 1 aliphatic heterocycles. The molecule has 0 spiro atoms. The molecule has 4 unspecified atom stereocenters. The number of fused-ring (bicyclic) bond motifs is 3. The maximum Gasteiger partial charge on any atom is 0.330 e. The van der Waals surface area contributed by atoms with E-state index in [0.29, 0.717) is 5.92 Å². The summed E-state index contributed by atoms with van der Waals surface area (Å²) in [5, 5.41) is 13.2. The number of H-pyrrole nitrogens is 1. The molecule has 1 aliphatic carbocycles. The predicted octanol–water partition coefficient (Wildman–Crippen LogP) is 2.59. The van der Waals surface area contributed by atoms with E-state index in [1.54, 1.807) is 21.3 Å². The Kier molecular flexibility index (Phi) is 6.79. The van der Waals surface area contributed by atoms with E-state index in [4.69, 9.17) is 9.64 Å². The van der Waals surface area contributed by atoms with Gasteiger partial charge in [-0.15, -0.1) is 0 Å². The average molecular weight is 481 g/mol. The molecule has 8 nitrogen and oxygen atoms in total. The molecule has 9 heteroatoms. The van der Waals surface area contributed by atoms with Crippen LogP contribution in [0.2, 0.25) is 0 Å². The van der Waals surface area contributed by atoms with Gasteiger partial charge < -0.3 is 25.0 Å². The van der Waals surface area contributed by atoms with E-state index in [-0.39, 0.29) is 29.8 Å². The zero-order chi connectivity index (χ0) is 25.7. The third-order valence-electron chi connectivity index (χ3n) is 7.90. The molecule has 189 valence electrons. The number of likely N-dealkylation sites (tertiary alicyclic amines) is 1. The monoisotopic (exact) mass is 481 g/mol. The van der Waals surface area contributed by atoms with Crippen molar-refractivity contribution < 1.29 is 19.3 Å². The number of aromatic nitrogens is 2. The van der Waals surface area contributed by atoms with E-state index in [2.05, 4.69) is 10.3 Å². The smallest absolute Gasteiger partial charge is 0.330 e. The summed E-state index contributed by atoms with van der Waals surface area (Å²) in [6, 6.07) is 5.36. The Balaban J connectivity index is 1.59. The minimum Gasteiger partial charge on any atom is -0.427 e. The summed E-state index contributed by atoms with van der Waals surface area (Å²) in [5.41, 5.74) is 0.799. The van der Waals surface area contributed by atoms with Gasteiger partial charge in [0.2, 0.25) is 11.8 Å². The Morgan fingerprint density at radius 2 is 1.97 bits per heavy atom. The molecule has 2 fully saturated rings. The number of aliphatic hydroxyl groups is 1. The molecule has 4 atom stereocenters. The number of hydrogen-bond acceptors (Lipinski definition) is 5. The molecule has 1 saturated carbocycles. The number of amides is 2. The number of hydrogen-bond donors (Lipinski definition) is 3. The lowest BCUT2D eigenvalue weighted by Crippen LogP contribution is -2.53. The zero-order valence-corrected chi connectivity index (χ0v) is 21.9. The summed E-state index contributed by atoms with van der Waals surface area (Å²) in [5.74, 6) is 0.926. The van der Waals surface area contributed by atoms with Crippen LogP contribution in [0.1, 0.15) is 79.6 Å². The van der Waals surface area contributed by atoms with Crippen molar-refractivity contribution in [1.82, 2.24) is 20.2 Å². The van der Waals surface area contributed by atoms with E-state index in [9.17, 15) is 14.7 Å². The molecule has 2 heterocycles. The molecule has 2 amide bonds. The topological polar surface area (TPSA) is 108 Å². The fourth-order valence-corrected chi connectivity index (χ4v) is 5.17. The second-order valence-corrected chi connectivity index (χ2v) is 11.5. The molecular weight excluding hydrogens is 443 g/mol. The third kappa shape index (κ3) is 4.98. The number of imidazole rings is 1. The van der Waals surface area contributed by atoms with Crippen molar-refractivity contribution in [2.45, 2.75) is 97.1 Å². The first-order valence-electron chi connectivity index (χ1n) is 12.6. The van der Waals surface area contributed by atoms with Crippen LogP contribution in [-0.4, -0.2) is 62.6 Å². The number of carbonyl (C=O) groups is 2. The number of rotatable bonds is 8. The third-order valence-corrected chi connectivity index (χ3v) is 7.90. The van der Waals surface area contributed by atoms with Gasteiger partial charge in [-0.25, -0.2) is 4.98 Å². The highest BCUT2D eigenvalue weighted by Gasteiger charge is 2.51. The van der Waals surface area contributed by atoms with Crippen molar-refractivity contribution >= 4 is 35.8 Å². The van der Waals surface area contributed by atoms with Crippen LogP contribution in [0.3, 0.4) is 0 Å². The quantitative estimate of drug-likeness (QED) is 0.503. The van der Waals surface area contributed by atoms with Gasteiger partial charge in [0.05, 0.1) is 28.3 Å². The van der Waals surface area contributed by atoms with Crippen LogP contribution in [-0.2, 0) is 14.2 Å². The van der Waals surface area contributed by atoms with Gasteiger partial charge in [-0.1, -0.05) is 25.4 Å². The van der Waals surface area contributed by atoms with E-state index in [0.717, 1.165) is 41.6 Å². The highest BCUT2D eigenvalue weighted by molar-refractivity contribution is 6.47. The molecular formula is C26H38BN4O4. The minimum atomic E-state index is -1.00. The Bertz CT molecular complexity index is 1110. The highest BCUT2D eigenvalue weighted by Crippen LogP contribution is 2.50. The fraction of sp³-hybridized carbons (Fsp3) is 0.654. The van der Waals surface area contributed by atoms with Crippen LogP contribution in [0.25, 0.3) is 11.0 Å².